The summed E-state index contributed by atoms with van der Waals surface area (Å²) < 4.78 is 13.0. The zero-order valence-corrected chi connectivity index (χ0v) is 20.1. The Labute approximate surface area is 202 Å². The van der Waals surface area contributed by atoms with Gasteiger partial charge in [0.05, 0.1) is 30.2 Å². The molecule has 3 N–H and O–H groups in total. The van der Waals surface area contributed by atoms with E-state index < -0.39 is 11.5 Å². The molecule has 1 atom stereocenters. The van der Waals surface area contributed by atoms with Gasteiger partial charge in [0.25, 0.3) is 0 Å². The van der Waals surface area contributed by atoms with Gasteiger partial charge in [0.15, 0.2) is 11.5 Å². The van der Waals surface area contributed by atoms with Crippen molar-refractivity contribution in [2.24, 2.45) is 0 Å². The number of hydrogen-bond donors (Lipinski definition) is 3. The molecule has 7 heteroatoms. The van der Waals surface area contributed by atoms with Crippen LogP contribution in [0.3, 0.4) is 0 Å². The van der Waals surface area contributed by atoms with Crippen LogP contribution >= 0.6 is 0 Å². The molecule has 7 nitrogen and oxygen atoms in total. The third-order valence-corrected chi connectivity index (χ3v) is 6.92. The van der Waals surface area contributed by atoms with E-state index in [1.807, 2.05) is 37.3 Å². The highest BCUT2D eigenvalue weighted by Gasteiger charge is 2.51. The van der Waals surface area contributed by atoms with E-state index in [0.717, 1.165) is 46.3 Å². The normalized spacial score (nSPS) is 17.1. The average Bonchev–Trinajstić information content (AvgIpc) is 3.31. The number of nitrogens with one attached hydrogen (secondary N) is 1. The van der Waals surface area contributed by atoms with E-state index in [1.165, 1.54) is 0 Å². The number of anilines is 1. The fourth-order valence-electron chi connectivity index (χ4n) is 5.00. The zero-order chi connectivity index (χ0) is 24.3. The molecule has 2 aliphatic rings. The predicted octanol–water partition coefficient (Wildman–Crippen LogP) is 4.49. The second kappa shape index (κ2) is 8.03. The molecule has 1 aromatic heterocycles. The monoisotopic (exact) mass is 468 g/mol. The Hall–Kier alpha value is -3.03. The molecule has 0 radical (unpaired) electrons. The summed E-state index contributed by atoms with van der Waals surface area (Å²) in [5.74, 6) is 1.39. The molecule has 2 aromatic carbocycles. The fourth-order valence-corrected chi connectivity index (χ4v) is 5.00. The van der Waals surface area contributed by atoms with E-state index in [4.69, 9.17) is 9.47 Å². The highest BCUT2D eigenvalue weighted by Crippen LogP contribution is 2.51. The summed E-state index contributed by atoms with van der Waals surface area (Å²) in [5.41, 5.74) is 4.09. The molecular formula is C27H36N2O5. The van der Waals surface area contributed by atoms with E-state index in [0.29, 0.717) is 18.0 Å². The third kappa shape index (κ3) is 3.83. The lowest BCUT2D eigenvalue weighted by atomic mass is 9.92. The van der Waals surface area contributed by atoms with Crippen molar-refractivity contribution in [3.05, 3.63) is 53.2 Å². The maximum atomic E-state index is 13.4. The summed E-state index contributed by atoms with van der Waals surface area (Å²) >= 11 is 0. The second-order valence-electron chi connectivity index (χ2n) is 10.6. The number of benzene rings is 2. The predicted molar refractivity (Wildman–Crippen MR) is 135 cm³/mol. The Morgan fingerprint density at radius 1 is 1.18 bits per heavy atom. The molecule has 1 fully saturated rings. The van der Waals surface area contributed by atoms with Gasteiger partial charge in [-0.05, 0) is 61.2 Å². The molecule has 34 heavy (non-hydrogen) atoms. The van der Waals surface area contributed by atoms with Gasteiger partial charge in [-0.3, -0.25) is 4.79 Å². The van der Waals surface area contributed by atoms with Gasteiger partial charge in [-0.15, -0.1) is 0 Å². The molecule has 3 aromatic rings. The van der Waals surface area contributed by atoms with Crippen molar-refractivity contribution in [3.8, 4) is 11.5 Å². The average molecular weight is 469 g/mol. The molecule has 2 heterocycles. The number of aromatic nitrogens is 1. The maximum Gasteiger partial charge on any atom is 0.235 e. The van der Waals surface area contributed by atoms with E-state index >= 15 is 0 Å². The molecule has 0 bridgehead atoms. The third-order valence-electron chi connectivity index (χ3n) is 6.92. The Kier molecular flexibility index (Phi) is 5.37. The summed E-state index contributed by atoms with van der Waals surface area (Å²) in [4.78, 5) is 13.4. The number of nitrogens with zero attached hydrogens (tertiary/aromatic N) is 1. The molecule has 1 saturated carbocycles. The van der Waals surface area contributed by atoms with Gasteiger partial charge in [0.2, 0.25) is 12.7 Å². The van der Waals surface area contributed by atoms with E-state index in [9.17, 15) is 15.0 Å². The van der Waals surface area contributed by atoms with Crippen molar-refractivity contribution in [1.82, 2.24) is 4.57 Å². The number of ether oxygens (including phenoxy) is 2. The Morgan fingerprint density at radius 3 is 2.59 bits per heavy atom. The highest BCUT2D eigenvalue weighted by atomic mass is 16.7. The van der Waals surface area contributed by atoms with Crippen molar-refractivity contribution in [2.75, 3.05) is 18.7 Å². The van der Waals surface area contributed by atoms with Crippen molar-refractivity contribution in [1.29, 1.82) is 0 Å². The molecule has 1 amide bonds. The first-order chi connectivity index (χ1) is 16.1. The van der Waals surface area contributed by atoms with Crippen molar-refractivity contribution < 1.29 is 27.3 Å². The number of carbonyl (C=O) groups excluding carboxylic acids is 1. The first-order valence-corrected chi connectivity index (χ1v) is 11.8. The quantitative estimate of drug-likeness (QED) is 0.496. The summed E-state index contributed by atoms with van der Waals surface area (Å²) in [6.07, 6.45) is 0.749. The summed E-state index contributed by atoms with van der Waals surface area (Å²) in [6, 6.07) is 11.8. The standard InChI is InChI=1S/C27H32N2O5.2H2/c1-16-9-19(10-17-11-23(26(2,3)4)29(24(16)17)13-20(31)14-30)28-25(32)27(7-8-27)18-5-6-21-22(12-18)34-15-33-21;;/h5-6,9-12,20,30-31H,7-8,13-15H2,1-4H3,(H,28,32);2*1H/t20-;;/m0../s1. The summed E-state index contributed by atoms with van der Waals surface area (Å²) in [7, 11) is 0. The largest absolute Gasteiger partial charge is 0.454 e. The van der Waals surface area contributed by atoms with E-state index in [2.05, 4.69) is 36.7 Å². The molecule has 0 spiro atoms. The minimum Gasteiger partial charge on any atom is -0.454 e. The number of aliphatic hydroxyl groups excluding tert-OH is 2. The minimum absolute atomic E-state index is 0. The Balaban J connectivity index is 0.00000180. The topological polar surface area (TPSA) is 93.0 Å². The van der Waals surface area contributed by atoms with Gasteiger partial charge in [0, 0.05) is 25.0 Å². The van der Waals surface area contributed by atoms with Crippen LogP contribution in [-0.2, 0) is 22.2 Å². The van der Waals surface area contributed by atoms with Gasteiger partial charge < -0.3 is 29.6 Å². The number of aryl methyl sites for hydroxylation is 1. The van der Waals surface area contributed by atoms with Crippen LogP contribution in [0.15, 0.2) is 36.4 Å². The van der Waals surface area contributed by atoms with Crippen LogP contribution in [0.1, 0.15) is 53.3 Å². The maximum absolute atomic E-state index is 13.4. The lowest BCUT2D eigenvalue weighted by molar-refractivity contribution is -0.118. The van der Waals surface area contributed by atoms with Crippen LogP contribution in [0.2, 0.25) is 0 Å². The van der Waals surface area contributed by atoms with Crippen molar-refractivity contribution in [3.63, 3.8) is 0 Å². The highest BCUT2D eigenvalue weighted by molar-refractivity contribution is 6.03. The van der Waals surface area contributed by atoms with Crippen LogP contribution in [0.25, 0.3) is 10.9 Å². The molecule has 1 aliphatic carbocycles. The fraction of sp³-hybridized carbons (Fsp3) is 0.444. The lowest BCUT2D eigenvalue weighted by Crippen LogP contribution is -2.27. The number of aliphatic hydroxyl groups is 2. The Morgan fingerprint density at radius 2 is 1.91 bits per heavy atom. The minimum atomic E-state index is -0.841. The van der Waals surface area contributed by atoms with Gasteiger partial charge >= 0.3 is 0 Å². The SMILES string of the molecule is Cc1cc(NC(=O)C2(c3ccc4c(c3)OCO4)CC2)cc2cc(C(C)(C)C)n(C[C@H](O)CO)c12.[HH].[HH]. The molecular weight excluding hydrogens is 432 g/mol. The number of amides is 1. The van der Waals surface area contributed by atoms with Crippen LogP contribution in [0.4, 0.5) is 5.69 Å². The lowest BCUT2D eigenvalue weighted by Gasteiger charge is -2.24. The van der Waals surface area contributed by atoms with Crippen LogP contribution < -0.4 is 14.8 Å². The Bertz CT molecular complexity index is 1280. The van der Waals surface area contributed by atoms with Crippen molar-refractivity contribution >= 4 is 22.5 Å². The number of carbonyl (C=O) groups is 1. The van der Waals surface area contributed by atoms with Gasteiger partial charge in [-0.25, -0.2) is 0 Å². The van der Waals surface area contributed by atoms with E-state index in [-0.39, 0.29) is 27.6 Å². The van der Waals surface area contributed by atoms with Crippen LogP contribution in [-0.4, -0.2) is 40.2 Å². The van der Waals surface area contributed by atoms with E-state index in [1.54, 1.807) is 0 Å². The molecule has 184 valence electrons. The zero-order valence-electron chi connectivity index (χ0n) is 20.1. The molecule has 0 unspecified atom stereocenters. The molecule has 0 saturated heterocycles. The number of fused-ring (bicyclic) bond motifs is 2. The number of rotatable bonds is 6. The van der Waals surface area contributed by atoms with Gasteiger partial charge in [-0.2, -0.15) is 0 Å². The number of hydrogen-bond acceptors (Lipinski definition) is 5. The van der Waals surface area contributed by atoms with Crippen LogP contribution in [0, 0.1) is 6.92 Å². The van der Waals surface area contributed by atoms with Gasteiger partial charge in [0.1, 0.15) is 0 Å². The molecule has 5 rings (SSSR count). The molecule has 1 aliphatic heterocycles. The first-order valence-electron chi connectivity index (χ1n) is 11.8. The summed E-state index contributed by atoms with van der Waals surface area (Å²) in [6.45, 7) is 8.63. The van der Waals surface area contributed by atoms with Crippen molar-refractivity contribution in [2.45, 2.75) is 64.0 Å². The summed E-state index contributed by atoms with van der Waals surface area (Å²) in [5, 5.41) is 23.7. The first kappa shape index (κ1) is 22.7. The smallest absolute Gasteiger partial charge is 0.235 e. The second-order valence-corrected chi connectivity index (χ2v) is 10.6. The van der Waals surface area contributed by atoms with Gasteiger partial charge in [-0.1, -0.05) is 26.8 Å². The van der Waals surface area contributed by atoms with Crippen LogP contribution in [0.5, 0.6) is 11.5 Å².